The number of likely N-dealkylation sites (N-methyl/N-ethyl adjacent to an activating group) is 1. The van der Waals surface area contributed by atoms with Gasteiger partial charge in [0.2, 0.25) is 0 Å². The zero-order valence-corrected chi connectivity index (χ0v) is 13.8. The normalized spacial score (nSPS) is 14.6. The number of nitrogens with zero attached hydrogens (tertiary/aromatic N) is 1. The van der Waals surface area contributed by atoms with E-state index in [1.165, 1.54) is 5.56 Å². The van der Waals surface area contributed by atoms with E-state index in [9.17, 15) is 0 Å². The number of para-hydroxylation sites is 1. The highest BCUT2D eigenvalue weighted by atomic mass is 16.5. The molecule has 0 saturated carbocycles. The lowest BCUT2D eigenvalue weighted by Gasteiger charge is -2.31. The third kappa shape index (κ3) is 4.80. The second-order valence-corrected chi connectivity index (χ2v) is 5.98. The van der Waals surface area contributed by atoms with E-state index >= 15 is 0 Å². The van der Waals surface area contributed by atoms with Gasteiger partial charge in [0.05, 0.1) is 7.11 Å². The molecule has 0 aromatic heterocycles. The summed E-state index contributed by atoms with van der Waals surface area (Å²) in [6, 6.07) is 9.11. The van der Waals surface area contributed by atoms with E-state index in [0.717, 1.165) is 18.7 Å². The molecule has 0 heterocycles. The molecule has 0 aliphatic carbocycles. The SMILES string of the molecule is CCC(NC(CN(C)C)C(C)C)c1ccccc1OC. The Morgan fingerprint density at radius 2 is 1.85 bits per heavy atom. The molecule has 0 saturated heterocycles. The molecule has 0 aliphatic heterocycles. The fourth-order valence-electron chi connectivity index (χ4n) is 2.49. The van der Waals surface area contributed by atoms with Gasteiger partial charge in [-0.25, -0.2) is 0 Å². The van der Waals surface area contributed by atoms with Crippen molar-refractivity contribution in [2.24, 2.45) is 5.92 Å². The molecule has 0 radical (unpaired) electrons. The van der Waals surface area contributed by atoms with Crippen molar-refractivity contribution in [2.45, 2.75) is 39.3 Å². The predicted molar refractivity (Wildman–Crippen MR) is 86.3 cm³/mol. The third-order valence-electron chi connectivity index (χ3n) is 3.70. The van der Waals surface area contributed by atoms with Gasteiger partial charge in [0.1, 0.15) is 5.75 Å². The molecule has 3 heteroatoms. The van der Waals surface area contributed by atoms with Crippen molar-refractivity contribution in [3.05, 3.63) is 29.8 Å². The van der Waals surface area contributed by atoms with E-state index in [0.29, 0.717) is 18.0 Å². The number of nitrogens with one attached hydrogen (secondary N) is 1. The van der Waals surface area contributed by atoms with Gasteiger partial charge in [0, 0.05) is 24.2 Å². The minimum absolute atomic E-state index is 0.332. The van der Waals surface area contributed by atoms with Crippen LogP contribution < -0.4 is 10.1 Å². The van der Waals surface area contributed by atoms with Crippen LogP contribution in [0.4, 0.5) is 0 Å². The summed E-state index contributed by atoms with van der Waals surface area (Å²) in [6.45, 7) is 7.81. The number of hydrogen-bond acceptors (Lipinski definition) is 3. The summed E-state index contributed by atoms with van der Waals surface area (Å²) < 4.78 is 5.50. The molecule has 1 N–H and O–H groups in total. The quantitative estimate of drug-likeness (QED) is 0.789. The molecule has 0 fully saturated rings. The predicted octanol–water partition coefficient (Wildman–Crippen LogP) is 3.32. The first kappa shape index (κ1) is 17.0. The van der Waals surface area contributed by atoms with Crippen LogP contribution in [-0.4, -0.2) is 38.7 Å². The summed E-state index contributed by atoms with van der Waals surface area (Å²) in [5, 5.41) is 3.80. The second kappa shape index (κ2) is 8.28. The van der Waals surface area contributed by atoms with Crippen molar-refractivity contribution >= 4 is 0 Å². The molecule has 20 heavy (non-hydrogen) atoms. The maximum atomic E-state index is 5.50. The zero-order valence-electron chi connectivity index (χ0n) is 13.8. The van der Waals surface area contributed by atoms with Crippen molar-refractivity contribution in [1.82, 2.24) is 10.2 Å². The molecule has 3 nitrogen and oxygen atoms in total. The lowest BCUT2D eigenvalue weighted by Crippen LogP contribution is -2.43. The highest BCUT2D eigenvalue weighted by Crippen LogP contribution is 2.27. The molecule has 1 rings (SSSR count). The van der Waals surface area contributed by atoms with Gasteiger partial charge in [-0.2, -0.15) is 0 Å². The van der Waals surface area contributed by atoms with Crippen LogP contribution in [0.1, 0.15) is 38.8 Å². The van der Waals surface area contributed by atoms with Crippen molar-refractivity contribution in [1.29, 1.82) is 0 Å². The molecular formula is C17H30N2O. The zero-order chi connectivity index (χ0) is 15.1. The van der Waals surface area contributed by atoms with Crippen molar-refractivity contribution < 1.29 is 4.74 Å². The summed E-state index contributed by atoms with van der Waals surface area (Å²) in [5.41, 5.74) is 1.25. The second-order valence-electron chi connectivity index (χ2n) is 5.98. The molecule has 0 spiro atoms. The van der Waals surface area contributed by atoms with Crippen molar-refractivity contribution in [3.63, 3.8) is 0 Å². The standard InChI is InChI=1S/C17H30N2O/c1-7-15(14-10-8-9-11-17(14)20-6)18-16(13(2)3)12-19(4)5/h8-11,13,15-16,18H,7,12H2,1-6H3. The van der Waals surface area contributed by atoms with E-state index in [1.54, 1.807) is 7.11 Å². The molecule has 114 valence electrons. The fourth-order valence-corrected chi connectivity index (χ4v) is 2.49. The van der Waals surface area contributed by atoms with Gasteiger partial charge in [0.25, 0.3) is 0 Å². The van der Waals surface area contributed by atoms with Gasteiger partial charge < -0.3 is 15.0 Å². The Morgan fingerprint density at radius 1 is 1.20 bits per heavy atom. The molecule has 2 atom stereocenters. The van der Waals surface area contributed by atoms with E-state index in [1.807, 2.05) is 12.1 Å². The average molecular weight is 278 g/mol. The van der Waals surface area contributed by atoms with Crippen LogP contribution in [0, 0.1) is 5.92 Å². The van der Waals surface area contributed by atoms with Gasteiger partial charge in [-0.3, -0.25) is 0 Å². The average Bonchev–Trinajstić information content (AvgIpc) is 2.42. The van der Waals surface area contributed by atoms with Gasteiger partial charge in [0.15, 0.2) is 0 Å². The summed E-state index contributed by atoms with van der Waals surface area (Å²) >= 11 is 0. The lowest BCUT2D eigenvalue weighted by atomic mass is 9.98. The maximum absolute atomic E-state index is 5.50. The molecular weight excluding hydrogens is 248 g/mol. The lowest BCUT2D eigenvalue weighted by molar-refractivity contribution is 0.264. The Balaban J connectivity index is 2.89. The Labute approximate surface area is 124 Å². The van der Waals surface area contributed by atoms with Gasteiger partial charge in [-0.15, -0.1) is 0 Å². The van der Waals surface area contributed by atoms with Gasteiger partial charge in [-0.1, -0.05) is 39.0 Å². The number of methoxy groups -OCH3 is 1. The first-order valence-electron chi connectivity index (χ1n) is 7.53. The van der Waals surface area contributed by atoms with Crippen LogP contribution in [0.25, 0.3) is 0 Å². The van der Waals surface area contributed by atoms with Crippen molar-refractivity contribution in [2.75, 3.05) is 27.7 Å². The van der Waals surface area contributed by atoms with Gasteiger partial charge in [-0.05, 0) is 32.5 Å². The Kier molecular flexibility index (Phi) is 7.03. The van der Waals surface area contributed by atoms with E-state index in [2.05, 4.69) is 57.2 Å². The number of hydrogen-bond donors (Lipinski definition) is 1. The Hall–Kier alpha value is -1.06. The number of ether oxygens (including phenoxy) is 1. The topological polar surface area (TPSA) is 24.5 Å². The fraction of sp³-hybridized carbons (Fsp3) is 0.647. The Bertz CT molecular complexity index is 390. The summed E-state index contributed by atoms with van der Waals surface area (Å²) in [6.07, 6.45) is 1.05. The molecule has 0 amide bonds. The van der Waals surface area contributed by atoms with E-state index in [4.69, 9.17) is 4.74 Å². The van der Waals surface area contributed by atoms with Crippen LogP contribution in [0.2, 0.25) is 0 Å². The van der Waals surface area contributed by atoms with Crippen LogP contribution in [0.5, 0.6) is 5.75 Å². The molecule has 0 aliphatic rings. The first-order chi connectivity index (χ1) is 9.49. The highest BCUT2D eigenvalue weighted by Gasteiger charge is 2.21. The minimum atomic E-state index is 0.332. The van der Waals surface area contributed by atoms with Crippen LogP contribution >= 0.6 is 0 Å². The minimum Gasteiger partial charge on any atom is -0.496 e. The summed E-state index contributed by atoms with van der Waals surface area (Å²) in [4.78, 5) is 2.24. The third-order valence-corrected chi connectivity index (χ3v) is 3.70. The first-order valence-corrected chi connectivity index (χ1v) is 7.53. The molecule has 2 unspecified atom stereocenters. The molecule has 1 aromatic rings. The Morgan fingerprint density at radius 3 is 2.35 bits per heavy atom. The van der Waals surface area contributed by atoms with E-state index < -0.39 is 0 Å². The summed E-state index contributed by atoms with van der Waals surface area (Å²) in [5.74, 6) is 1.57. The van der Waals surface area contributed by atoms with E-state index in [-0.39, 0.29) is 0 Å². The summed E-state index contributed by atoms with van der Waals surface area (Å²) in [7, 11) is 5.99. The molecule has 0 bridgehead atoms. The monoisotopic (exact) mass is 278 g/mol. The van der Waals surface area contributed by atoms with Crippen LogP contribution in [0.3, 0.4) is 0 Å². The highest BCUT2D eigenvalue weighted by molar-refractivity contribution is 5.35. The largest absolute Gasteiger partial charge is 0.496 e. The van der Waals surface area contributed by atoms with Crippen LogP contribution in [-0.2, 0) is 0 Å². The maximum Gasteiger partial charge on any atom is 0.123 e. The number of rotatable bonds is 8. The smallest absolute Gasteiger partial charge is 0.123 e. The number of benzene rings is 1. The molecule has 1 aromatic carbocycles. The van der Waals surface area contributed by atoms with Crippen molar-refractivity contribution in [3.8, 4) is 5.75 Å². The van der Waals surface area contributed by atoms with Gasteiger partial charge >= 0.3 is 0 Å². The van der Waals surface area contributed by atoms with Crippen LogP contribution in [0.15, 0.2) is 24.3 Å².